The lowest BCUT2D eigenvalue weighted by Crippen LogP contribution is -2.51. The molecule has 1 heterocycles. The van der Waals surface area contributed by atoms with Gasteiger partial charge in [0.2, 0.25) is 15.9 Å². The maximum Gasteiger partial charge on any atom is 0.243 e. The van der Waals surface area contributed by atoms with Gasteiger partial charge in [-0.05, 0) is 54.1 Å². The average molecular weight is 466 g/mol. The molecule has 1 amide bonds. The Morgan fingerprint density at radius 3 is 2.15 bits per heavy atom. The Hall–Kier alpha value is -3.23. The highest BCUT2D eigenvalue weighted by atomic mass is 32.2. The van der Waals surface area contributed by atoms with Crippen LogP contribution in [0.25, 0.3) is 10.8 Å². The molecule has 1 aliphatic heterocycles. The maximum absolute atomic E-state index is 13.0. The molecule has 0 N–H and O–H groups in total. The molecule has 8 heteroatoms. The van der Waals surface area contributed by atoms with Gasteiger partial charge in [0.25, 0.3) is 0 Å². The second-order valence-corrected chi connectivity index (χ2v) is 10.3. The van der Waals surface area contributed by atoms with E-state index < -0.39 is 10.0 Å². The molecule has 4 rings (SSSR count). The van der Waals surface area contributed by atoms with Crippen molar-refractivity contribution in [3.8, 4) is 0 Å². The zero-order valence-corrected chi connectivity index (χ0v) is 19.6. The van der Waals surface area contributed by atoms with Crippen LogP contribution in [0, 0.1) is 0 Å². The SMILES string of the molecule is CC(=O)c1ccc(N2CCN(C(=O)CN(C)S(=O)(=O)c3ccc4ccccc4c3)CC2)cc1. The molecule has 0 aliphatic carbocycles. The van der Waals surface area contributed by atoms with E-state index >= 15 is 0 Å². The van der Waals surface area contributed by atoms with Crippen molar-refractivity contribution < 1.29 is 18.0 Å². The molecule has 1 aliphatic rings. The third-order valence-corrected chi connectivity index (χ3v) is 7.86. The fourth-order valence-corrected chi connectivity index (χ4v) is 5.16. The summed E-state index contributed by atoms with van der Waals surface area (Å²) in [7, 11) is -2.34. The number of carbonyl (C=O) groups excluding carboxylic acids is 2. The second kappa shape index (κ2) is 9.33. The number of ketones is 1. The molecule has 1 fully saturated rings. The lowest BCUT2D eigenvalue weighted by molar-refractivity contribution is -0.131. The van der Waals surface area contributed by atoms with Crippen LogP contribution in [0.5, 0.6) is 0 Å². The van der Waals surface area contributed by atoms with Gasteiger partial charge in [-0.25, -0.2) is 8.42 Å². The number of nitrogens with zero attached hydrogens (tertiary/aromatic N) is 3. The minimum atomic E-state index is -3.78. The quantitative estimate of drug-likeness (QED) is 0.523. The Kier molecular flexibility index (Phi) is 6.49. The number of amides is 1. The summed E-state index contributed by atoms with van der Waals surface area (Å²) in [6, 6.07) is 20.0. The van der Waals surface area contributed by atoms with E-state index in [4.69, 9.17) is 0 Å². The molecule has 7 nitrogen and oxygen atoms in total. The van der Waals surface area contributed by atoms with E-state index in [0.717, 1.165) is 20.8 Å². The van der Waals surface area contributed by atoms with Crippen molar-refractivity contribution >= 4 is 38.2 Å². The first-order chi connectivity index (χ1) is 15.8. The maximum atomic E-state index is 13.0. The van der Waals surface area contributed by atoms with Gasteiger partial charge in [-0.1, -0.05) is 30.3 Å². The zero-order valence-electron chi connectivity index (χ0n) is 18.8. The van der Waals surface area contributed by atoms with Crippen LogP contribution in [0.3, 0.4) is 0 Å². The van der Waals surface area contributed by atoms with Crippen molar-refractivity contribution in [3.63, 3.8) is 0 Å². The van der Waals surface area contributed by atoms with Crippen molar-refractivity contribution in [2.24, 2.45) is 0 Å². The highest BCUT2D eigenvalue weighted by Gasteiger charge is 2.27. The molecule has 3 aromatic carbocycles. The molecule has 0 spiro atoms. The minimum Gasteiger partial charge on any atom is -0.368 e. The number of rotatable bonds is 6. The number of hydrogen-bond donors (Lipinski definition) is 0. The van der Waals surface area contributed by atoms with Gasteiger partial charge in [0, 0.05) is 44.5 Å². The number of Topliss-reactive ketones (excluding diaryl/α,β-unsaturated/α-hetero) is 1. The van der Waals surface area contributed by atoms with E-state index in [-0.39, 0.29) is 23.1 Å². The van der Waals surface area contributed by atoms with E-state index in [1.54, 1.807) is 23.1 Å². The number of carbonyl (C=O) groups is 2. The highest BCUT2D eigenvalue weighted by Crippen LogP contribution is 2.22. The lowest BCUT2D eigenvalue weighted by atomic mass is 10.1. The smallest absolute Gasteiger partial charge is 0.243 e. The van der Waals surface area contributed by atoms with Gasteiger partial charge in [0.05, 0.1) is 11.4 Å². The standard InChI is InChI=1S/C25H27N3O4S/c1-19(29)20-7-10-23(11-8-20)27-13-15-28(16-14-27)25(30)18-26(2)33(31,32)24-12-9-21-5-3-4-6-22(21)17-24/h3-12,17H,13-16,18H2,1-2H3. The first-order valence-corrected chi connectivity index (χ1v) is 12.3. The summed E-state index contributed by atoms with van der Waals surface area (Å²) in [6.07, 6.45) is 0. The number of sulfonamides is 1. The molecule has 3 aromatic rings. The Morgan fingerprint density at radius 1 is 0.879 bits per heavy atom. The average Bonchev–Trinajstić information content (AvgIpc) is 2.83. The second-order valence-electron chi connectivity index (χ2n) is 8.24. The van der Waals surface area contributed by atoms with Crippen molar-refractivity contribution in [1.29, 1.82) is 0 Å². The molecule has 33 heavy (non-hydrogen) atoms. The summed E-state index contributed by atoms with van der Waals surface area (Å²) < 4.78 is 27.2. The van der Waals surface area contributed by atoms with Crippen LogP contribution in [0.4, 0.5) is 5.69 Å². The third-order valence-electron chi connectivity index (χ3n) is 6.06. The fraction of sp³-hybridized carbons (Fsp3) is 0.280. The van der Waals surface area contributed by atoms with Crippen LogP contribution in [0.1, 0.15) is 17.3 Å². The molecule has 0 bridgehead atoms. The first kappa shape index (κ1) is 22.9. The van der Waals surface area contributed by atoms with Gasteiger partial charge in [-0.3, -0.25) is 9.59 Å². The Labute approximate surface area is 194 Å². The number of likely N-dealkylation sites (N-methyl/N-ethyl adjacent to an activating group) is 1. The summed E-state index contributed by atoms with van der Waals surface area (Å²) in [6.45, 7) is 3.64. The lowest BCUT2D eigenvalue weighted by Gasteiger charge is -2.36. The Morgan fingerprint density at radius 2 is 1.52 bits per heavy atom. The molecule has 0 aromatic heterocycles. The number of benzene rings is 3. The van der Waals surface area contributed by atoms with Gasteiger partial charge in [0.15, 0.2) is 5.78 Å². The molecule has 0 atom stereocenters. The van der Waals surface area contributed by atoms with Gasteiger partial charge >= 0.3 is 0 Å². The topological polar surface area (TPSA) is 78.0 Å². The molecule has 0 radical (unpaired) electrons. The number of anilines is 1. The third kappa shape index (κ3) is 4.91. The van der Waals surface area contributed by atoms with Crippen molar-refractivity contribution in [2.75, 3.05) is 44.7 Å². The summed E-state index contributed by atoms with van der Waals surface area (Å²) in [5, 5.41) is 1.80. The van der Waals surface area contributed by atoms with E-state index in [9.17, 15) is 18.0 Å². The minimum absolute atomic E-state index is 0.0275. The first-order valence-electron chi connectivity index (χ1n) is 10.8. The van der Waals surface area contributed by atoms with Crippen LogP contribution in [-0.2, 0) is 14.8 Å². The van der Waals surface area contributed by atoms with Crippen LogP contribution >= 0.6 is 0 Å². The number of hydrogen-bond acceptors (Lipinski definition) is 5. The molecule has 172 valence electrons. The summed E-state index contributed by atoms with van der Waals surface area (Å²) >= 11 is 0. The van der Waals surface area contributed by atoms with E-state index in [1.807, 2.05) is 48.5 Å². The summed E-state index contributed by atoms with van der Waals surface area (Å²) in [5.41, 5.74) is 1.67. The fourth-order valence-electron chi connectivity index (χ4n) is 4.00. The van der Waals surface area contributed by atoms with Crippen LogP contribution in [0.2, 0.25) is 0 Å². The highest BCUT2D eigenvalue weighted by molar-refractivity contribution is 7.89. The van der Waals surface area contributed by atoms with E-state index in [2.05, 4.69) is 4.90 Å². The predicted molar refractivity (Wildman–Crippen MR) is 129 cm³/mol. The molecule has 0 saturated carbocycles. The van der Waals surface area contributed by atoms with Crippen LogP contribution < -0.4 is 4.90 Å². The van der Waals surface area contributed by atoms with Gasteiger partial charge in [-0.15, -0.1) is 0 Å². The van der Waals surface area contributed by atoms with Crippen molar-refractivity contribution in [1.82, 2.24) is 9.21 Å². The normalized spacial score (nSPS) is 14.6. The predicted octanol–water partition coefficient (Wildman–Crippen LogP) is 3.01. The molecular weight excluding hydrogens is 438 g/mol. The van der Waals surface area contributed by atoms with Crippen molar-refractivity contribution in [3.05, 3.63) is 72.3 Å². The summed E-state index contributed by atoms with van der Waals surface area (Å²) in [5.74, 6) is -0.187. The van der Waals surface area contributed by atoms with Gasteiger partial charge in [0.1, 0.15) is 0 Å². The van der Waals surface area contributed by atoms with E-state index in [1.165, 1.54) is 14.0 Å². The van der Waals surface area contributed by atoms with Crippen molar-refractivity contribution in [2.45, 2.75) is 11.8 Å². The molecule has 1 saturated heterocycles. The van der Waals surface area contributed by atoms with Crippen LogP contribution in [0.15, 0.2) is 71.6 Å². The van der Waals surface area contributed by atoms with Crippen LogP contribution in [-0.4, -0.2) is 69.1 Å². The van der Waals surface area contributed by atoms with Gasteiger partial charge in [-0.2, -0.15) is 4.31 Å². The molecular formula is C25H27N3O4S. The molecule has 0 unspecified atom stereocenters. The summed E-state index contributed by atoms with van der Waals surface area (Å²) in [4.78, 5) is 28.3. The largest absolute Gasteiger partial charge is 0.368 e. The Balaban J connectivity index is 1.37. The van der Waals surface area contributed by atoms with E-state index in [0.29, 0.717) is 31.7 Å². The monoisotopic (exact) mass is 465 g/mol. The zero-order chi connectivity index (χ0) is 23.6. The number of fused-ring (bicyclic) bond motifs is 1. The Bertz CT molecular complexity index is 1280. The van der Waals surface area contributed by atoms with Gasteiger partial charge < -0.3 is 9.80 Å². The number of piperazine rings is 1.